The van der Waals surface area contributed by atoms with Gasteiger partial charge in [-0.15, -0.1) is 0 Å². The molecule has 1 heterocycles. The fourth-order valence-electron chi connectivity index (χ4n) is 2.93. The van der Waals surface area contributed by atoms with E-state index in [1.807, 2.05) is 42.5 Å². The normalized spacial score (nSPS) is 16.1. The summed E-state index contributed by atoms with van der Waals surface area (Å²) in [6.07, 6.45) is 0.532. The molecule has 1 atom stereocenters. The second-order valence-electron chi connectivity index (χ2n) is 5.55. The van der Waals surface area contributed by atoms with Gasteiger partial charge in [0.25, 0.3) is 0 Å². The molecule has 1 N–H and O–H groups in total. The van der Waals surface area contributed by atoms with Gasteiger partial charge in [0, 0.05) is 30.6 Å². The molecule has 2 aromatic rings. The third-order valence-electron chi connectivity index (χ3n) is 4.03. The van der Waals surface area contributed by atoms with E-state index in [9.17, 15) is 9.59 Å². The molecule has 2 amide bonds. The summed E-state index contributed by atoms with van der Waals surface area (Å²) in [5.74, 6) is -0.302. The SMILES string of the molecule is CC(=O)N1c2ccccc2C[C@@H]1C(=O)NCc1ccccc1Cl. The number of fused-ring (bicyclic) bond motifs is 1. The summed E-state index contributed by atoms with van der Waals surface area (Å²) < 4.78 is 0. The van der Waals surface area contributed by atoms with Gasteiger partial charge in [-0.05, 0) is 23.3 Å². The number of halogens is 1. The van der Waals surface area contributed by atoms with Gasteiger partial charge in [0.2, 0.25) is 11.8 Å². The molecular weight excluding hydrogens is 312 g/mol. The van der Waals surface area contributed by atoms with E-state index < -0.39 is 6.04 Å². The van der Waals surface area contributed by atoms with Crippen LogP contribution < -0.4 is 10.2 Å². The lowest BCUT2D eigenvalue weighted by molar-refractivity contribution is -0.125. The number of para-hydroxylation sites is 1. The Morgan fingerprint density at radius 3 is 2.61 bits per heavy atom. The van der Waals surface area contributed by atoms with Gasteiger partial charge in [0.05, 0.1) is 0 Å². The molecule has 1 aliphatic rings. The van der Waals surface area contributed by atoms with Crippen LogP contribution in [-0.4, -0.2) is 17.9 Å². The van der Waals surface area contributed by atoms with Crippen molar-refractivity contribution in [3.8, 4) is 0 Å². The van der Waals surface area contributed by atoms with Crippen LogP contribution in [-0.2, 0) is 22.6 Å². The number of anilines is 1. The summed E-state index contributed by atoms with van der Waals surface area (Å²) in [5, 5.41) is 3.50. The topological polar surface area (TPSA) is 49.4 Å². The Labute approximate surface area is 140 Å². The van der Waals surface area contributed by atoms with Crippen LogP contribution in [0.1, 0.15) is 18.1 Å². The number of nitrogens with zero attached hydrogens (tertiary/aromatic N) is 1. The monoisotopic (exact) mass is 328 g/mol. The number of benzene rings is 2. The molecule has 118 valence electrons. The van der Waals surface area contributed by atoms with Gasteiger partial charge in [-0.1, -0.05) is 48.0 Å². The molecule has 0 fully saturated rings. The van der Waals surface area contributed by atoms with E-state index >= 15 is 0 Å². The first kappa shape index (κ1) is 15.6. The number of amides is 2. The van der Waals surface area contributed by atoms with E-state index in [0.717, 1.165) is 16.8 Å². The summed E-state index contributed by atoms with van der Waals surface area (Å²) in [6, 6.07) is 14.5. The summed E-state index contributed by atoms with van der Waals surface area (Å²) in [7, 11) is 0. The van der Waals surface area contributed by atoms with Crippen LogP contribution in [0.15, 0.2) is 48.5 Å². The van der Waals surface area contributed by atoms with Gasteiger partial charge in [-0.25, -0.2) is 0 Å². The lowest BCUT2D eigenvalue weighted by atomic mass is 10.1. The maximum Gasteiger partial charge on any atom is 0.243 e. The van der Waals surface area contributed by atoms with Crippen molar-refractivity contribution in [1.29, 1.82) is 0 Å². The molecule has 3 rings (SSSR count). The fraction of sp³-hybridized carbons (Fsp3) is 0.222. The summed E-state index contributed by atoms with van der Waals surface area (Å²) >= 11 is 6.10. The highest BCUT2D eigenvalue weighted by Crippen LogP contribution is 2.32. The summed E-state index contributed by atoms with van der Waals surface area (Å²) in [4.78, 5) is 26.1. The Bertz CT molecular complexity index is 760. The molecule has 1 aliphatic heterocycles. The highest BCUT2D eigenvalue weighted by atomic mass is 35.5. The second-order valence-corrected chi connectivity index (χ2v) is 5.95. The molecule has 0 saturated heterocycles. The lowest BCUT2D eigenvalue weighted by Gasteiger charge is -2.23. The first-order chi connectivity index (χ1) is 11.1. The summed E-state index contributed by atoms with van der Waals surface area (Å²) in [5.41, 5.74) is 2.69. The Morgan fingerprint density at radius 2 is 1.87 bits per heavy atom. The van der Waals surface area contributed by atoms with Gasteiger partial charge in [0.1, 0.15) is 6.04 Å². The van der Waals surface area contributed by atoms with Crippen LogP contribution in [0.4, 0.5) is 5.69 Å². The van der Waals surface area contributed by atoms with Crippen molar-refractivity contribution in [2.24, 2.45) is 0 Å². The third-order valence-corrected chi connectivity index (χ3v) is 4.40. The molecule has 0 radical (unpaired) electrons. The van der Waals surface area contributed by atoms with E-state index in [-0.39, 0.29) is 11.8 Å². The Kier molecular flexibility index (Phi) is 4.35. The van der Waals surface area contributed by atoms with Gasteiger partial charge >= 0.3 is 0 Å². The molecule has 0 spiro atoms. The quantitative estimate of drug-likeness (QED) is 0.941. The molecule has 23 heavy (non-hydrogen) atoms. The van der Waals surface area contributed by atoms with Gasteiger partial charge in [-0.2, -0.15) is 0 Å². The Morgan fingerprint density at radius 1 is 1.17 bits per heavy atom. The van der Waals surface area contributed by atoms with E-state index in [0.29, 0.717) is 18.0 Å². The van der Waals surface area contributed by atoms with Crippen molar-refractivity contribution >= 4 is 29.1 Å². The van der Waals surface area contributed by atoms with E-state index in [1.54, 1.807) is 11.0 Å². The number of nitrogens with one attached hydrogen (secondary N) is 1. The van der Waals surface area contributed by atoms with Gasteiger partial charge in [0.15, 0.2) is 0 Å². The predicted molar refractivity (Wildman–Crippen MR) is 90.4 cm³/mol. The van der Waals surface area contributed by atoms with Crippen LogP contribution in [0, 0.1) is 0 Å². The molecule has 5 heteroatoms. The highest BCUT2D eigenvalue weighted by Gasteiger charge is 2.36. The van der Waals surface area contributed by atoms with Crippen molar-refractivity contribution in [1.82, 2.24) is 5.32 Å². The maximum absolute atomic E-state index is 12.6. The number of hydrogen-bond acceptors (Lipinski definition) is 2. The van der Waals surface area contributed by atoms with Crippen LogP contribution in [0.25, 0.3) is 0 Å². The molecule has 0 bridgehead atoms. The number of carbonyl (C=O) groups is 2. The molecule has 4 nitrogen and oxygen atoms in total. The first-order valence-corrected chi connectivity index (χ1v) is 7.84. The van der Waals surface area contributed by atoms with Crippen LogP contribution in [0.5, 0.6) is 0 Å². The van der Waals surface area contributed by atoms with E-state index in [2.05, 4.69) is 5.32 Å². The van der Waals surface area contributed by atoms with Crippen molar-refractivity contribution in [2.75, 3.05) is 4.90 Å². The zero-order valence-corrected chi connectivity index (χ0v) is 13.5. The predicted octanol–water partition coefficient (Wildman–Crippen LogP) is 2.93. The van der Waals surface area contributed by atoms with Crippen molar-refractivity contribution in [2.45, 2.75) is 25.9 Å². The van der Waals surface area contributed by atoms with Crippen LogP contribution in [0.3, 0.4) is 0 Å². The lowest BCUT2D eigenvalue weighted by Crippen LogP contribution is -2.47. The molecular formula is C18H17ClN2O2. The average Bonchev–Trinajstić information content (AvgIpc) is 2.93. The van der Waals surface area contributed by atoms with Crippen molar-refractivity contribution in [3.05, 3.63) is 64.7 Å². The zero-order valence-electron chi connectivity index (χ0n) is 12.8. The smallest absolute Gasteiger partial charge is 0.243 e. The third kappa shape index (κ3) is 3.08. The van der Waals surface area contributed by atoms with E-state index in [4.69, 9.17) is 11.6 Å². The Balaban J connectivity index is 1.75. The van der Waals surface area contributed by atoms with Gasteiger partial charge < -0.3 is 5.32 Å². The summed E-state index contributed by atoms with van der Waals surface area (Å²) in [6.45, 7) is 1.83. The Hall–Kier alpha value is -2.33. The second kappa shape index (κ2) is 6.42. The maximum atomic E-state index is 12.6. The minimum atomic E-state index is -0.507. The minimum Gasteiger partial charge on any atom is -0.350 e. The van der Waals surface area contributed by atoms with Crippen LogP contribution in [0.2, 0.25) is 5.02 Å². The van der Waals surface area contributed by atoms with Gasteiger partial charge in [-0.3, -0.25) is 14.5 Å². The van der Waals surface area contributed by atoms with Crippen molar-refractivity contribution < 1.29 is 9.59 Å². The molecule has 0 unspecified atom stereocenters. The molecule has 0 saturated carbocycles. The van der Waals surface area contributed by atoms with Crippen LogP contribution >= 0.6 is 11.6 Å². The highest BCUT2D eigenvalue weighted by molar-refractivity contribution is 6.31. The molecule has 0 aromatic heterocycles. The number of hydrogen-bond donors (Lipinski definition) is 1. The molecule has 2 aromatic carbocycles. The minimum absolute atomic E-state index is 0.132. The first-order valence-electron chi connectivity index (χ1n) is 7.46. The molecule has 0 aliphatic carbocycles. The van der Waals surface area contributed by atoms with Crippen molar-refractivity contribution in [3.63, 3.8) is 0 Å². The fourth-order valence-corrected chi connectivity index (χ4v) is 3.13. The largest absolute Gasteiger partial charge is 0.350 e. The zero-order chi connectivity index (χ0) is 16.4. The van der Waals surface area contributed by atoms with E-state index in [1.165, 1.54) is 6.92 Å². The number of rotatable bonds is 3. The average molecular weight is 329 g/mol. The standard InChI is InChI=1S/C18H17ClN2O2/c1-12(22)21-16-9-5-3-6-13(16)10-17(21)18(23)20-11-14-7-2-4-8-15(14)19/h2-9,17H,10-11H2,1H3,(H,20,23)/t17-/m1/s1. The number of carbonyl (C=O) groups excluding carboxylic acids is 2.